The van der Waals surface area contributed by atoms with Crippen molar-refractivity contribution in [3.63, 3.8) is 0 Å². The number of nitrogens with zero attached hydrogens (tertiary/aromatic N) is 3. The van der Waals surface area contributed by atoms with E-state index in [0.29, 0.717) is 12.6 Å². The molecule has 0 bridgehead atoms. The van der Waals surface area contributed by atoms with Crippen molar-refractivity contribution < 1.29 is 4.74 Å². The van der Waals surface area contributed by atoms with Gasteiger partial charge < -0.3 is 9.64 Å². The molecule has 0 saturated heterocycles. The van der Waals surface area contributed by atoms with E-state index in [9.17, 15) is 0 Å². The first-order chi connectivity index (χ1) is 6.20. The number of allylic oxidation sites excluding steroid dienone is 1. The lowest BCUT2D eigenvalue weighted by Crippen LogP contribution is -2.40. The summed E-state index contributed by atoms with van der Waals surface area (Å²) in [5.41, 5.74) is 0. The summed E-state index contributed by atoms with van der Waals surface area (Å²) in [6, 6.07) is 0.316. The molecular weight excluding hydrogens is 166 g/mol. The summed E-state index contributed by atoms with van der Waals surface area (Å²) in [6.07, 6.45) is 5.21. The second-order valence-corrected chi connectivity index (χ2v) is 3.42. The number of hydrogen-bond donors (Lipinski definition) is 0. The van der Waals surface area contributed by atoms with Gasteiger partial charge in [0.05, 0.1) is 18.5 Å². The maximum Gasteiger partial charge on any atom is 0.111 e. The van der Waals surface area contributed by atoms with Crippen LogP contribution in [0.5, 0.6) is 0 Å². The van der Waals surface area contributed by atoms with E-state index in [1.807, 2.05) is 26.2 Å². The number of hydrogen-bond acceptors (Lipinski definition) is 4. The highest BCUT2D eigenvalue weighted by Gasteiger charge is 2.14. The van der Waals surface area contributed by atoms with Crippen LogP contribution in [0.3, 0.4) is 0 Å². The molecule has 1 rings (SSSR count). The average Bonchev–Trinajstić information content (AvgIpc) is 2.04. The quantitative estimate of drug-likeness (QED) is 0.619. The molecule has 1 aliphatic rings. The van der Waals surface area contributed by atoms with Crippen LogP contribution in [0.1, 0.15) is 0 Å². The maximum absolute atomic E-state index is 5.32. The Hall–Kier alpha value is -1.03. The molecule has 0 radical (unpaired) electrons. The largest absolute Gasteiger partial charge is 0.499 e. The Labute approximate surface area is 79.5 Å². The minimum Gasteiger partial charge on any atom is -0.499 e. The van der Waals surface area contributed by atoms with Crippen LogP contribution >= 0.6 is 0 Å². The average molecular weight is 183 g/mol. The number of hydrazone groups is 1. The van der Waals surface area contributed by atoms with Crippen molar-refractivity contribution >= 4 is 6.21 Å². The number of ether oxygens (including phenoxy) is 1. The van der Waals surface area contributed by atoms with Gasteiger partial charge in [0, 0.05) is 13.6 Å². The number of likely N-dealkylation sites (N-methyl/N-ethyl adjacent to an activating group) is 2. The van der Waals surface area contributed by atoms with Gasteiger partial charge in [0.1, 0.15) is 6.61 Å². The van der Waals surface area contributed by atoms with Gasteiger partial charge in [0.25, 0.3) is 0 Å². The van der Waals surface area contributed by atoms with E-state index < -0.39 is 0 Å². The molecule has 1 unspecified atom stereocenters. The van der Waals surface area contributed by atoms with Gasteiger partial charge in [-0.15, -0.1) is 0 Å². The van der Waals surface area contributed by atoms with Crippen molar-refractivity contribution in [3.8, 4) is 0 Å². The minimum atomic E-state index is 0.316. The molecule has 0 spiro atoms. The lowest BCUT2D eigenvalue weighted by atomic mass is 10.3. The molecule has 4 nitrogen and oxygen atoms in total. The van der Waals surface area contributed by atoms with Gasteiger partial charge in [-0.1, -0.05) is 0 Å². The van der Waals surface area contributed by atoms with Crippen LogP contribution in [0.15, 0.2) is 17.4 Å². The zero-order valence-corrected chi connectivity index (χ0v) is 8.47. The first kappa shape index (κ1) is 10.1. The normalized spacial score (nSPS) is 27.7. The van der Waals surface area contributed by atoms with Crippen molar-refractivity contribution in [1.29, 1.82) is 0 Å². The standard InChI is InChI=1S/C9H17N3O/c1-11(2)7-9-8-13-6-4-5-10-12(9)3/h4-6,9H,7-8H2,1-3H3/b6-4+,10-5-. The molecule has 4 heteroatoms. The lowest BCUT2D eigenvalue weighted by molar-refractivity contribution is 0.111. The van der Waals surface area contributed by atoms with Crippen molar-refractivity contribution in [2.75, 3.05) is 34.3 Å². The third-order valence-corrected chi connectivity index (χ3v) is 1.90. The molecule has 0 fully saturated rings. The summed E-state index contributed by atoms with van der Waals surface area (Å²) in [4.78, 5) is 2.13. The Kier molecular flexibility index (Phi) is 3.76. The van der Waals surface area contributed by atoms with Crippen LogP contribution in [0.2, 0.25) is 0 Å². The van der Waals surface area contributed by atoms with Crippen LogP contribution < -0.4 is 0 Å². The predicted octanol–water partition coefficient (Wildman–Crippen LogP) is 0.378. The molecule has 0 aliphatic carbocycles. The van der Waals surface area contributed by atoms with Crippen LogP contribution in [0.4, 0.5) is 0 Å². The molecule has 1 heterocycles. The van der Waals surface area contributed by atoms with E-state index in [2.05, 4.69) is 10.0 Å². The van der Waals surface area contributed by atoms with Crippen LogP contribution in [-0.4, -0.2) is 56.5 Å². The van der Waals surface area contributed by atoms with Crippen molar-refractivity contribution in [2.45, 2.75) is 6.04 Å². The SMILES string of the molecule is CN(C)CC1CO/C=C/C=N\N1C. The fourth-order valence-corrected chi connectivity index (χ4v) is 1.20. The highest BCUT2D eigenvalue weighted by atomic mass is 16.5. The van der Waals surface area contributed by atoms with Gasteiger partial charge in [0.2, 0.25) is 0 Å². The molecular formula is C9H17N3O. The zero-order chi connectivity index (χ0) is 9.68. The van der Waals surface area contributed by atoms with E-state index in [0.717, 1.165) is 6.54 Å². The zero-order valence-electron chi connectivity index (χ0n) is 8.47. The summed E-state index contributed by atoms with van der Waals surface area (Å²) in [6.45, 7) is 1.63. The molecule has 0 aromatic heterocycles. The highest BCUT2D eigenvalue weighted by Crippen LogP contribution is 2.01. The second kappa shape index (κ2) is 4.87. The van der Waals surface area contributed by atoms with Gasteiger partial charge in [-0.3, -0.25) is 5.01 Å². The fraction of sp³-hybridized carbons (Fsp3) is 0.667. The molecule has 0 aromatic rings. The smallest absolute Gasteiger partial charge is 0.111 e. The Bertz CT molecular complexity index is 201. The maximum atomic E-state index is 5.32. The summed E-state index contributed by atoms with van der Waals surface area (Å²) in [5.74, 6) is 0. The topological polar surface area (TPSA) is 28.1 Å². The van der Waals surface area contributed by atoms with Gasteiger partial charge in [0.15, 0.2) is 0 Å². The molecule has 0 aromatic carbocycles. The van der Waals surface area contributed by atoms with Gasteiger partial charge in [-0.05, 0) is 20.2 Å². The third-order valence-electron chi connectivity index (χ3n) is 1.90. The first-order valence-corrected chi connectivity index (χ1v) is 4.38. The van der Waals surface area contributed by atoms with E-state index in [1.165, 1.54) is 0 Å². The predicted molar refractivity (Wildman–Crippen MR) is 53.7 cm³/mol. The number of rotatable bonds is 2. The lowest BCUT2D eigenvalue weighted by Gasteiger charge is -2.28. The molecule has 74 valence electrons. The van der Waals surface area contributed by atoms with E-state index in [-0.39, 0.29) is 0 Å². The fourth-order valence-electron chi connectivity index (χ4n) is 1.20. The van der Waals surface area contributed by atoms with Gasteiger partial charge in [-0.25, -0.2) is 0 Å². The molecule has 1 aliphatic heterocycles. The molecule has 1 atom stereocenters. The first-order valence-electron chi connectivity index (χ1n) is 4.38. The Morgan fingerprint density at radius 2 is 2.38 bits per heavy atom. The molecule has 13 heavy (non-hydrogen) atoms. The van der Waals surface area contributed by atoms with Gasteiger partial charge >= 0.3 is 0 Å². The molecule has 0 saturated carbocycles. The van der Waals surface area contributed by atoms with Crippen LogP contribution in [-0.2, 0) is 4.74 Å². The Morgan fingerprint density at radius 1 is 1.62 bits per heavy atom. The van der Waals surface area contributed by atoms with Crippen molar-refractivity contribution in [3.05, 3.63) is 12.3 Å². The van der Waals surface area contributed by atoms with Crippen molar-refractivity contribution in [1.82, 2.24) is 9.91 Å². The summed E-state index contributed by atoms with van der Waals surface area (Å²) < 4.78 is 5.32. The molecule has 0 amide bonds. The molecule has 0 N–H and O–H groups in total. The highest BCUT2D eigenvalue weighted by molar-refractivity contribution is 5.70. The summed E-state index contributed by atoms with van der Waals surface area (Å²) >= 11 is 0. The Morgan fingerprint density at radius 3 is 3.08 bits per heavy atom. The van der Waals surface area contributed by atoms with E-state index in [1.54, 1.807) is 18.6 Å². The van der Waals surface area contributed by atoms with E-state index >= 15 is 0 Å². The van der Waals surface area contributed by atoms with Gasteiger partial charge in [-0.2, -0.15) is 5.10 Å². The summed E-state index contributed by atoms with van der Waals surface area (Å²) in [5, 5.41) is 6.17. The summed E-state index contributed by atoms with van der Waals surface area (Å²) in [7, 11) is 6.06. The van der Waals surface area contributed by atoms with Crippen LogP contribution in [0, 0.1) is 0 Å². The minimum absolute atomic E-state index is 0.316. The second-order valence-electron chi connectivity index (χ2n) is 3.42. The third kappa shape index (κ3) is 3.46. The van der Waals surface area contributed by atoms with Crippen molar-refractivity contribution in [2.24, 2.45) is 5.10 Å². The monoisotopic (exact) mass is 183 g/mol. The van der Waals surface area contributed by atoms with Crippen LogP contribution in [0.25, 0.3) is 0 Å². The Balaban J connectivity index is 2.52. The van der Waals surface area contributed by atoms with E-state index in [4.69, 9.17) is 4.74 Å².